The lowest BCUT2D eigenvalue weighted by Crippen LogP contribution is -2.46. The minimum Gasteiger partial charge on any atom is -0.368 e. The SMILES string of the molecule is Cc1cccc(N2CCN(c3ccc(SCC(=O)Nc4ccccc4)nn3)CC2)c1. The van der Waals surface area contributed by atoms with Gasteiger partial charge in [0.05, 0.1) is 5.75 Å². The Morgan fingerprint density at radius 3 is 2.40 bits per heavy atom. The van der Waals surface area contributed by atoms with Gasteiger partial charge in [-0.3, -0.25) is 4.79 Å². The number of hydrogen-bond donors (Lipinski definition) is 1. The summed E-state index contributed by atoms with van der Waals surface area (Å²) in [7, 11) is 0. The number of thioether (sulfide) groups is 1. The molecule has 1 aliphatic rings. The summed E-state index contributed by atoms with van der Waals surface area (Å²) in [6.45, 7) is 5.87. The highest BCUT2D eigenvalue weighted by Gasteiger charge is 2.19. The lowest BCUT2D eigenvalue weighted by Gasteiger charge is -2.36. The Kier molecular flexibility index (Phi) is 6.49. The number of aromatic nitrogens is 2. The van der Waals surface area contributed by atoms with Crippen LogP contribution in [0, 0.1) is 6.92 Å². The summed E-state index contributed by atoms with van der Waals surface area (Å²) in [5.41, 5.74) is 3.36. The highest BCUT2D eigenvalue weighted by atomic mass is 32.2. The summed E-state index contributed by atoms with van der Waals surface area (Å²) in [5, 5.41) is 12.3. The second-order valence-electron chi connectivity index (χ2n) is 7.25. The minimum absolute atomic E-state index is 0.0515. The van der Waals surface area contributed by atoms with Crippen molar-refractivity contribution in [3.05, 3.63) is 72.3 Å². The highest BCUT2D eigenvalue weighted by Crippen LogP contribution is 2.21. The first-order chi connectivity index (χ1) is 14.7. The van der Waals surface area contributed by atoms with Crippen LogP contribution in [0.2, 0.25) is 0 Å². The first-order valence-electron chi connectivity index (χ1n) is 10.1. The third-order valence-electron chi connectivity index (χ3n) is 5.01. The van der Waals surface area contributed by atoms with E-state index in [-0.39, 0.29) is 5.91 Å². The fourth-order valence-corrected chi connectivity index (χ4v) is 4.05. The number of anilines is 3. The molecule has 2 aromatic carbocycles. The van der Waals surface area contributed by atoms with Crippen LogP contribution in [0.4, 0.5) is 17.2 Å². The Hall–Kier alpha value is -3.06. The van der Waals surface area contributed by atoms with E-state index in [4.69, 9.17) is 0 Å². The van der Waals surface area contributed by atoms with E-state index in [1.807, 2.05) is 42.5 Å². The molecule has 1 N–H and O–H groups in total. The third kappa shape index (κ3) is 5.30. The maximum absolute atomic E-state index is 12.1. The van der Waals surface area contributed by atoms with E-state index in [0.29, 0.717) is 5.75 Å². The van der Waals surface area contributed by atoms with Crippen molar-refractivity contribution in [3.8, 4) is 0 Å². The Morgan fingerprint density at radius 2 is 1.70 bits per heavy atom. The van der Waals surface area contributed by atoms with Gasteiger partial charge < -0.3 is 15.1 Å². The Bertz CT molecular complexity index is 972. The first-order valence-corrected chi connectivity index (χ1v) is 11.0. The van der Waals surface area contributed by atoms with E-state index in [0.717, 1.165) is 42.7 Å². The number of nitrogens with zero attached hydrogens (tertiary/aromatic N) is 4. The van der Waals surface area contributed by atoms with Crippen molar-refractivity contribution in [2.45, 2.75) is 11.9 Å². The number of benzene rings is 2. The van der Waals surface area contributed by atoms with Crippen molar-refractivity contribution >= 4 is 34.9 Å². The number of rotatable bonds is 6. The van der Waals surface area contributed by atoms with Crippen molar-refractivity contribution in [1.29, 1.82) is 0 Å². The predicted octanol–water partition coefficient (Wildman–Crippen LogP) is 3.84. The quantitative estimate of drug-likeness (QED) is 0.613. The van der Waals surface area contributed by atoms with Crippen molar-refractivity contribution in [2.75, 3.05) is 47.0 Å². The number of carbonyl (C=O) groups excluding carboxylic acids is 1. The van der Waals surface area contributed by atoms with Gasteiger partial charge in [0.25, 0.3) is 0 Å². The lowest BCUT2D eigenvalue weighted by molar-refractivity contribution is -0.113. The van der Waals surface area contributed by atoms with Gasteiger partial charge in [-0.25, -0.2) is 0 Å². The van der Waals surface area contributed by atoms with Gasteiger partial charge in [-0.1, -0.05) is 42.1 Å². The van der Waals surface area contributed by atoms with Crippen molar-refractivity contribution in [1.82, 2.24) is 10.2 Å². The molecule has 0 spiro atoms. The summed E-state index contributed by atoms with van der Waals surface area (Å²) in [6, 6.07) is 22.0. The summed E-state index contributed by atoms with van der Waals surface area (Å²) in [5.74, 6) is 1.14. The largest absolute Gasteiger partial charge is 0.368 e. The molecule has 0 atom stereocenters. The molecule has 4 rings (SSSR count). The van der Waals surface area contributed by atoms with Crippen LogP contribution >= 0.6 is 11.8 Å². The van der Waals surface area contributed by atoms with Gasteiger partial charge in [-0.05, 0) is 48.9 Å². The number of aryl methyl sites for hydroxylation is 1. The van der Waals surface area contributed by atoms with Crippen LogP contribution in [0.15, 0.2) is 71.8 Å². The molecular formula is C23H25N5OS. The summed E-state index contributed by atoms with van der Waals surface area (Å²) < 4.78 is 0. The Morgan fingerprint density at radius 1 is 0.933 bits per heavy atom. The highest BCUT2D eigenvalue weighted by molar-refractivity contribution is 7.99. The Labute approximate surface area is 181 Å². The molecular weight excluding hydrogens is 394 g/mol. The van der Waals surface area contributed by atoms with Crippen molar-refractivity contribution < 1.29 is 4.79 Å². The number of piperazine rings is 1. The van der Waals surface area contributed by atoms with Gasteiger partial charge >= 0.3 is 0 Å². The van der Waals surface area contributed by atoms with Gasteiger partial charge in [-0.15, -0.1) is 10.2 Å². The van der Waals surface area contributed by atoms with Crippen LogP contribution in [-0.2, 0) is 4.79 Å². The summed E-state index contributed by atoms with van der Waals surface area (Å²) >= 11 is 1.39. The minimum atomic E-state index is -0.0515. The van der Waals surface area contributed by atoms with Gasteiger partial charge in [0.1, 0.15) is 5.03 Å². The molecule has 1 amide bonds. The van der Waals surface area contributed by atoms with Crippen LogP contribution in [0.3, 0.4) is 0 Å². The average Bonchev–Trinajstić information content (AvgIpc) is 2.79. The van der Waals surface area contributed by atoms with Crippen LogP contribution in [0.5, 0.6) is 0 Å². The second-order valence-corrected chi connectivity index (χ2v) is 8.24. The predicted molar refractivity (Wildman–Crippen MR) is 123 cm³/mol. The molecule has 2 heterocycles. The van der Waals surface area contributed by atoms with Gasteiger partial charge in [0.2, 0.25) is 5.91 Å². The fraction of sp³-hybridized carbons (Fsp3) is 0.261. The zero-order valence-corrected chi connectivity index (χ0v) is 17.8. The molecule has 1 saturated heterocycles. The average molecular weight is 420 g/mol. The molecule has 0 unspecified atom stereocenters. The topological polar surface area (TPSA) is 61.4 Å². The molecule has 7 heteroatoms. The summed E-state index contributed by atoms with van der Waals surface area (Å²) in [6.07, 6.45) is 0. The van der Waals surface area contributed by atoms with Crippen LogP contribution < -0.4 is 15.1 Å². The van der Waals surface area contributed by atoms with Gasteiger partial charge in [0, 0.05) is 37.6 Å². The lowest BCUT2D eigenvalue weighted by atomic mass is 10.2. The zero-order chi connectivity index (χ0) is 20.8. The van der Waals surface area contributed by atoms with Crippen LogP contribution in [0.25, 0.3) is 0 Å². The molecule has 1 aliphatic heterocycles. The molecule has 154 valence electrons. The van der Waals surface area contributed by atoms with Crippen molar-refractivity contribution in [2.24, 2.45) is 0 Å². The van der Waals surface area contributed by atoms with Gasteiger partial charge in [0.15, 0.2) is 5.82 Å². The molecule has 30 heavy (non-hydrogen) atoms. The standard InChI is InChI=1S/C23H25N5OS/c1-18-6-5-9-20(16-18)27-12-14-28(15-13-27)21-10-11-23(26-25-21)30-17-22(29)24-19-7-3-2-4-8-19/h2-11,16H,12-15,17H2,1H3,(H,24,29). The number of carbonyl (C=O) groups is 1. The molecule has 0 aliphatic carbocycles. The number of amides is 1. The summed E-state index contributed by atoms with van der Waals surface area (Å²) in [4.78, 5) is 16.7. The molecule has 3 aromatic rings. The molecule has 0 radical (unpaired) electrons. The fourth-order valence-electron chi connectivity index (χ4n) is 3.44. The van der Waals surface area contributed by atoms with E-state index < -0.39 is 0 Å². The Balaban J connectivity index is 1.26. The van der Waals surface area contributed by atoms with Gasteiger partial charge in [-0.2, -0.15) is 0 Å². The van der Waals surface area contributed by atoms with E-state index in [1.165, 1.54) is 23.0 Å². The van der Waals surface area contributed by atoms with E-state index in [9.17, 15) is 4.79 Å². The smallest absolute Gasteiger partial charge is 0.234 e. The molecule has 1 fully saturated rings. The van der Waals surface area contributed by atoms with E-state index >= 15 is 0 Å². The number of hydrogen-bond acceptors (Lipinski definition) is 6. The monoisotopic (exact) mass is 419 g/mol. The van der Waals surface area contributed by atoms with Crippen LogP contribution in [0.1, 0.15) is 5.56 Å². The van der Waals surface area contributed by atoms with Crippen molar-refractivity contribution in [3.63, 3.8) is 0 Å². The zero-order valence-electron chi connectivity index (χ0n) is 17.0. The number of nitrogens with one attached hydrogen (secondary N) is 1. The molecule has 6 nitrogen and oxygen atoms in total. The normalized spacial score (nSPS) is 13.9. The number of para-hydroxylation sites is 1. The molecule has 1 aromatic heterocycles. The maximum atomic E-state index is 12.1. The molecule has 0 bridgehead atoms. The van der Waals surface area contributed by atoms with E-state index in [1.54, 1.807) is 0 Å². The van der Waals surface area contributed by atoms with Crippen LogP contribution in [-0.4, -0.2) is 48.0 Å². The second kappa shape index (κ2) is 9.63. The van der Waals surface area contributed by atoms with E-state index in [2.05, 4.69) is 56.5 Å². The maximum Gasteiger partial charge on any atom is 0.234 e. The third-order valence-corrected chi connectivity index (χ3v) is 5.93. The first kappa shape index (κ1) is 20.2. The molecule has 0 saturated carbocycles.